The number of carbonyl (C=O) groups is 1. The molecule has 0 aliphatic rings. The van der Waals surface area contributed by atoms with E-state index in [2.05, 4.69) is 31.1 Å². The number of likely N-dealkylation sites (N-methyl/N-ethyl adjacent to an activating group) is 1. The number of nitrogens with zero attached hydrogens (tertiary/aromatic N) is 1. The fraction of sp³-hybridized carbons (Fsp3) is 0.909. The van der Waals surface area contributed by atoms with Crippen LogP contribution in [-0.2, 0) is 4.74 Å². The minimum Gasteiger partial charge on any atom is -0.447 e. The molecule has 0 radical (unpaired) electrons. The van der Waals surface area contributed by atoms with Crippen LogP contribution in [0.3, 0.4) is 0 Å². The third-order valence-electron chi connectivity index (χ3n) is 2.42. The Hall–Kier alpha value is -0.770. The summed E-state index contributed by atoms with van der Waals surface area (Å²) in [6, 6.07) is 0.549. The molecule has 1 N–H and O–H groups in total. The first-order chi connectivity index (χ1) is 6.97. The van der Waals surface area contributed by atoms with Gasteiger partial charge < -0.3 is 15.0 Å². The smallest absolute Gasteiger partial charge is 0.407 e. The Morgan fingerprint density at radius 1 is 1.40 bits per heavy atom. The molecule has 15 heavy (non-hydrogen) atoms. The van der Waals surface area contributed by atoms with Crippen molar-refractivity contribution in [2.75, 3.05) is 20.1 Å². The second-order valence-electron chi connectivity index (χ2n) is 4.12. The number of hydrogen-bond acceptors (Lipinski definition) is 3. The summed E-state index contributed by atoms with van der Waals surface area (Å²) in [6.07, 6.45) is 0.729. The first-order valence-corrected chi connectivity index (χ1v) is 5.62. The molecule has 0 aromatic rings. The first-order valence-electron chi connectivity index (χ1n) is 5.62. The summed E-state index contributed by atoms with van der Waals surface area (Å²) >= 11 is 0. The fourth-order valence-corrected chi connectivity index (χ4v) is 1.12. The van der Waals surface area contributed by atoms with Gasteiger partial charge in [0.2, 0.25) is 0 Å². The van der Waals surface area contributed by atoms with E-state index in [9.17, 15) is 4.79 Å². The molecule has 0 aliphatic carbocycles. The highest BCUT2D eigenvalue weighted by Gasteiger charge is 2.07. The summed E-state index contributed by atoms with van der Waals surface area (Å²) in [5.41, 5.74) is 0. The van der Waals surface area contributed by atoms with Crippen molar-refractivity contribution in [3.8, 4) is 0 Å². The van der Waals surface area contributed by atoms with E-state index in [1.54, 1.807) is 0 Å². The number of hydrogen-bond donors (Lipinski definition) is 1. The molecule has 0 rings (SSSR count). The maximum absolute atomic E-state index is 11.1. The van der Waals surface area contributed by atoms with Gasteiger partial charge in [-0.25, -0.2) is 4.79 Å². The van der Waals surface area contributed by atoms with Gasteiger partial charge in [-0.05, 0) is 34.2 Å². The average molecular weight is 216 g/mol. The third-order valence-corrected chi connectivity index (χ3v) is 2.42. The summed E-state index contributed by atoms with van der Waals surface area (Å²) in [6.45, 7) is 9.48. The minimum atomic E-state index is -0.331. The first kappa shape index (κ1) is 14.2. The standard InChI is InChI=1S/C11H24N2O2/c1-6-10(4)13(5)8-7-12-11(14)15-9(2)3/h9-10H,6-8H2,1-5H3,(H,12,14). The van der Waals surface area contributed by atoms with E-state index < -0.39 is 0 Å². The topological polar surface area (TPSA) is 41.6 Å². The molecular formula is C11H24N2O2. The zero-order chi connectivity index (χ0) is 11.8. The van der Waals surface area contributed by atoms with Crippen molar-refractivity contribution in [3.63, 3.8) is 0 Å². The van der Waals surface area contributed by atoms with Gasteiger partial charge in [-0.15, -0.1) is 0 Å². The predicted molar refractivity (Wildman–Crippen MR) is 62.0 cm³/mol. The van der Waals surface area contributed by atoms with Crippen molar-refractivity contribution in [1.29, 1.82) is 0 Å². The van der Waals surface area contributed by atoms with Crippen LogP contribution in [0.15, 0.2) is 0 Å². The van der Waals surface area contributed by atoms with Gasteiger partial charge in [-0.1, -0.05) is 6.92 Å². The fourth-order valence-electron chi connectivity index (χ4n) is 1.12. The average Bonchev–Trinajstić information content (AvgIpc) is 2.15. The highest BCUT2D eigenvalue weighted by molar-refractivity contribution is 5.67. The third kappa shape index (κ3) is 7.19. The van der Waals surface area contributed by atoms with Crippen LogP contribution >= 0.6 is 0 Å². The van der Waals surface area contributed by atoms with Gasteiger partial charge in [0.25, 0.3) is 0 Å². The molecule has 0 saturated heterocycles. The Kier molecular flexibility index (Phi) is 7.13. The van der Waals surface area contributed by atoms with Gasteiger partial charge in [0.05, 0.1) is 6.10 Å². The summed E-state index contributed by atoms with van der Waals surface area (Å²) in [5, 5.41) is 2.72. The van der Waals surface area contributed by atoms with Crippen LogP contribution in [0, 0.1) is 0 Å². The Balaban J connectivity index is 3.57. The lowest BCUT2D eigenvalue weighted by Gasteiger charge is -2.23. The Bertz CT molecular complexity index is 183. The molecule has 90 valence electrons. The summed E-state index contributed by atoms with van der Waals surface area (Å²) in [5.74, 6) is 0. The molecule has 0 heterocycles. The summed E-state index contributed by atoms with van der Waals surface area (Å²) in [7, 11) is 2.06. The van der Waals surface area contributed by atoms with Crippen LogP contribution < -0.4 is 5.32 Å². The van der Waals surface area contributed by atoms with E-state index in [0.717, 1.165) is 13.0 Å². The van der Waals surface area contributed by atoms with Crippen molar-refractivity contribution in [3.05, 3.63) is 0 Å². The molecule has 0 bridgehead atoms. The zero-order valence-electron chi connectivity index (χ0n) is 10.5. The predicted octanol–water partition coefficient (Wildman–Crippen LogP) is 1.85. The van der Waals surface area contributed by atoms with Crippen LogP contribution in [0.25, 0.3) is 0 Å². The van der Waals surface area contributed by atoms with Crippen molar-refractivity contribution in [2.24, 2.45) is 0 Å². The largest absolute Gasteiger partial charge is 0.447 e. The number of ether oxygens (including phenoxy) is 1. The number of alkyl carbamates (subject to hydrolysis) is 1. The monoisotopic (exact) mass is 216 g/mol. The van der Waals surface area contributed by atoms with E-state index >= 15 is 0 Å². The molecule has 1 unspecified atom stereocenters. The second kappa shape index (κ2) is 7.51. The maximum atomic E-state index is 11.1. The van der Waals surface area contributed by atoms with Gasteiger partial charge in [-0.2, -0.15) is 0 Å². The van der Waals surface area contributed by atoms with E-state index in [1.165, 1.54) is 0 Å². The molecule has 0 spiro atoms. The maximum Gasteiger partial charge on any atom is 0.407 e. The van der Waals surface area contributed by atoms with Crippen molar-refractivity contribution in [2.45, 2.75) is 46.3 Å². The van der Waals surface area contributed by atoms with E-state index in [4.69, 9.17) is 4.74 Å². The van der Waals surface area contributed by atoms with Crippen molar-refractivity contribution < 1.29 is 9.53 Å². The van der Waals surface area contributed by atoms with E-state index in [-0.39, 0.29) is 12.2 Å². The van der Waals surface area contributed by atoms with Crippen LogP contribution in [0.2, 0.25) is 0 Å². The van der Waals surface area contributed by atoms with Crippen LogP contribution in [0.1, 0.15) is 34.1 Å². The van der Waals surface area contributed by atoms with Gasteiger partial charge in [0.15, 0.2) is 0 Å². The lowest BCUT2D eigenvalue weighted by molar-refractivity contribution is 0.114. The number of rotatable bonds is 6. The molecule has 0 fully saturated rings. The quantitative estimate of drug-likeness (QED) is 0.736. The summed E-state index contributed by atoms with van der Waals surface area (Å²) < 4.78 is 4.95. The van der Waals surface area contributed by atoms with Gasteiger partial charge in [0, 0.05) is 19.1 Å². The van der Waals surface area contributed by atoms with Crippen LogP contribution in [0.4, 0.5) is 4.79 Å². The molecule has 4 nitrogen and oxygen atoms in total. The molecule has 0 aromatic carbocycles. The summed E-state index contributed by atoms with van der Waals surface area (Å²) in [4.78, 5) is 13.3. The minimum absolute atomic E-state index is 0.0581. The second-order valence-corrected chi connectivity index (χ2v) is 4.12. The van der Waals surface area contributed by atoms with Gasteiger partial charge >= 0.3 is 6.09 Å². The lowest BCUT2D eigenvalue weighted by Crippen LogP contribution is -2.37. The van der Waals surface area contributed by atoms with Crippen LogP contribution in [0.5, 0.6) is 0 Å². The molecule has 0 saturated carbocycles. The van der Waals surface area contributed by atoms with E-state index in [0.29, 0.717) is 12.6 Å². The highest BCUT2D eigenvalue weighted by atomic mass is 16.6. The van der Waals surface area contributed by atoms with Gasteiger partial charge in [0.1, 0.15) is 0 Å². The van der Waals surface area contributed by atoms with Gasteiger partial charge in [-0.3, -0.25) is 0 Å². The van der Waals surface area contributed by atoms with Crippen LogP contribution in [-0.4, -0.2) is 43.3 Å². The zero-order valence-corrected chi connectivity index (χ0v) is 10.5. The number of nitrogens with one attached hydrogen (secondary N) is 1. The highest BCUT2D eigenvalue weighted by Crippen LogP contribution is 1.98. The Morgan fingerprint density at radius 3 is 2.47 bits per heavy atom. The number of amides is 1. The molecule has 0 aliphatic heterocycles. The molecular weight excluding hydrogens is 192 g/mol. The normalized spacial score (nSPS) is 13.0. The SMILES string of the molecule is CCC(C)N(C)CCNC(=O)OC(C)C. The molecule has 4 heteroatoms. The Labute approximate surface area is 93.0 Å². The molecule has 1 amide bonds. The van der Waals surface area contributed by atoms with Crippen molar-refractivity contribution in [1.82, 2.24) is 10.2 Å². The lowest BCUT2D eigenvalue weighted by atomic mass is 10.2. The number of carbonyl (C=O) groups excluding carboxylic acids is 1. The van der Waals surface area contributed by atoms with Crippen molar-refractivity contribution >= 4 is 6.09 Å². The molecule has 1 atom stereocenters. The Morgan fingerprint density at radius 2 is 2.00 bits per heavy atom. The molecule has 0 aromatic heterocycles. The van der Waals surface area contributed by atoms with E-state index in [1.807, 2.05) is 13.8 Å².